The SMILES string of the molecule is O=C1CC(c2ccco2)Cc2c1c(Nc1cccc(C(F)(F)F)c1)nn2-c1nc2ccccc2s1. The van der Waals surface area contributed by atoms with Gasteiger partial charge in [-0.15, -0.1) is 5.10 Å². The van der Waals surface area contributed by atoms with Crippen molar-refractivity contribution in [3.05, 3.63) is 89.5 Å². The Morgan fingerprint density at radius 2 is 1.91 bits per heavy atom. The molecular formula is C25H17F3N4O2S. The van der Waals surface area contributed by atoms with Crippen LogP contribution < -0.4 is 5.32 Å². The molecule has 0 amide bonds. The number of aromatic nitrogens is 3. The van der Waals surface area contributed by atoms with Crippen LogP contribution in [0.2, 0.25) is 0 Å². The first-order chi connectivity index (χ1) is 16.9. The predicted molar refractivity (Wildman–Crippen MR) is 126 cm³/mol. The highest BCUT2D eigenvalue weighted by atomic mass is 32.1. The Kier molecular flexibility index (Phi) is 4.99. The molecule has 0 bridgehead atoms. The van der Waals surface area contributed by atoms with E-state index in [0.29, 0.717) is 28.6 Å². The van der Waals surface area contributed by atoms with Crippen LogP contribution in [0.3, 0.4) is 0 Å². The van der Waals surface area contributed by atoms with E-state index in [1.54, 1.807) is 17.0 Å². The summed E-state index contributed by atoms with van der Waals surface area (Å²) in [7, 11) is 0. The molecule has 0 spiro atoms. The van der Waals surface area contributed by atoms with Crippen LogP contribution in [-0.4, -0.2) is 20.5 Å². The number of hydrogen-bond donors (Lipinski definition) is 1. The van der Waals surface area contributed by atoms with Gasteiger partial charge >= 0.3 is 6.18 Å². The van der Waals surface area contributed by atoms with Crippen molar-refractivity contribution in [3.63, 3.8) is 0 Å². The summed E-state index contributed by atoms with van der Waals surface area (Å²) in [4.78, 5) is 18.0. The first kappa shape index (κ1) is 21.6. The highest BCUT2D eigenvalue weighted by Gasteiger charge is 2.36. The van der Waals surface area contributed by atoms with Crippen molar-refractivity contribution in [1.29, 1.82) is 0 Å². The maximum atomic E-state index is 13.3. The van der Waals surface area contributed by atoms with Gasteiger partial charge in [-0.25, -0.2) is 9.67 Å². The number of carbonyl (C=O) groups excluding carboxylic acids is 1. The number of nitrogens with one attached hydrogen (secondary N) is 1. The Labute approximate surface area is 201 Å². The van der Waals surface area contributed by atoms with Crippen molar-refractivity contribution in [1.82, 2.24) is 14.8 Å². The van der Waals surface area contributed by atoms with E-state index in [1.807, 2.05) is 30.3 Å². The quantitative estimate of drug-likeness (QED) is 0.299. The largest absolute Gasteiger partial charge is 0.469 e. The zero-order chi connectivity index (χ0) is 24.2. The fraction of sp³-hybridized carbons (Fsp3) is 0.160. The number of anilines is 2. The number of thiazole rings is 1. The number of fused-ring (bicyclic) bond motifs is 2. The summed E-state index contributed by atoms with van der Waals surface area (Å²) in [6.45, 7) is 0. The first-order valence-electron chi connectivity index (χ1n) is 10.9. The van der Waals surface area contributed by atoms with Crippen molar-refractivity contribution >= 4 is 38.8 Å². The number of Topliss-reactive ketones (excluding diaryl/α,β-unsaturated/α-hetero) is 1. The second-order valence-corrected chi connectivity index (χ2v) is 9.30. The maximum absolute atomic E-state index is 13.3. The van der Waals surface area contributed by atoms with E-state index in [1.165, 1.54) is 23.5 Å². The van der Waals surface area contributed by atoms with Crippen LogP contribution in [0.4, 0.5) is 24.7 Å². The standard InChI is InChI=1S/C25H17F3N4O2S/c26-25(27,28)15-5-3-6-16(13-15)29-23-22-18(11-14(12-19(22)33)20-8-4-10-34-20)32(31-23)24-30-17-7-1-2-9-21(17)35-24/h1-10,13-14H,11-12H2,(H,29,31). The Bertz CT molecular complexity index is 1520. The second kappa shape index (κ2) is 8.09. The monoisotopic (exact) mass is 494 g/mol. The molecule has 3 aromatic heterocycles. The molecule has 6 rings (SSSR count). The zero-order valence-corrected chi connectivity index (χ0v) is 18.9. The number of nitrogens with zero attached hydrogens (tertiary/aromatic N) is 3. The Hall–Kier alpha value is -3.92. The topological polar surface area (TPSA) is 73.0 Å². The molecule has 35 heavy (non-hydrogen) atoms. The molecule has 176 valence electrons. The van der Waals surface area contributed by atoms with Crippen molar-refractivity contribution in [2.45, 2.75) is 24.9 Å². The van der Waals surface area contributed by atoms with E-state index in [4.69, 9.17) is 4.42 Å². The summed E-state index contributed by atoms with van der Waals surface area (Å²) >= 11 is 1.43. The van der Waals surface area contributed by atoms with Gasteiger partial charge in [-0.2, -0.15) is 13.2 Å². The van der Waals surface area contributed by atoms with Gasteiger partial charge in [0.1, 0.15) is 5.76 Å². The maximum Gasteiger partial charge on any atom is 0.416 e. The summed E-state index contributed by atoms with van der Waals surface area (Å²) in [5.41, 5.74) is 1.22. The summed E-state index contributed by atoms with van der Waals surface area (Å²) in [6, 6.07) is 16.1. The molecule has 5 aromatic rings. The molecule has 1 aliphatic carbocycles. The lowest BCUT2D eigenvalue weighted by molar-refractivity contribution is -0.137. The van der Waals surface area contributed by atoms with E-state index in [2.05, 4.69) is 15.4 Å². The molecule has 10 heteroatoms. The van der Waals surface area contributed by atoms with E-state index >= 15 is 0 Å². The van der Waals surface area contributed by atoms with Gasteiger partial charge < -0.3 is 9.73 Å². The molecule has 0 saturated heterocycles. The van der Waals surface area contributed by atoms with Crippen molar-refractivity contribution in [2.75, 3.05) is 5.32 Å². The molecule has 1 unspecified atom stereocenters. The van der Waals surface area contributed by atoms with Crippen LogP contribution in [-0.2, 0) is 12.6 Å². The molecule has 1 aliphatic rings. The molecule has 0 radical (unpaired) electrons. The fourth-order valence-electron chi connectivity index (χ4n) is 4.40. The van der Waals surface area contributed by atoms with Gasteiger partial charge in [0.25, 0.3) is 0 Å². The lowest BCUT2D eigenvalue weighted by Gasteiger charge is -2.20. The molecule has 0 aliphatic heterocycles. The number of para-hydroxylation sites is 1. The summed E-state index contributed by atoms with van der Waals surface area (Å²) in [5.74, 6) is 0.584. The Morgan fingerprint density at radius 3 is 2.69 bits per heavy atom. The summed E-state index contributed by atoms with van der Waals surface area (Å²) in [5, 5.41) is 8.16. The van der Waals surface area contributed by atoms with Crippen LogP contribution in [0, 0.1) is 0 Å². The highest BCUT2D eigenvalue weighted by molar-refractivity contribution is 7.20. The average Bonchev–Trinajstić information content (AvgIpc) is 3.57. The van der Waals surface area contributed by atoms with Gasteiger partial charge in [0.15, 0.2) is 11.6 Å². The third-order valence-corrected chi connectivity index (χ3v) is 7.01. The lowest BCUT2D eigenvalue weighted by atomic mass is 9.85. The number of benzene rings is 2. The highest BCUT2D eigenvalue weighted by Crippen LogP contribution is 2.39. The minimum atomic E-state index is -4.48. The number of rotatable bonds is 4. The zero-order valence-electron chi connectivity index (χ0n) is 18.0. The molecule has 0 fully saturated rings. The van der Waals surface area contributed by atoms with Crippen LogP contribution >= 0.6 is 11.3 Å². The van der Waals surface area contributed by atoms with Crippen LogP contribution in [0.5, 0.6) is 0 Å². The van der Waals surface area contributed by atoms with Crippen LogP contribution in [0.25, 0.3) is 15.3 Å². The van der Waals surface area contributed by atoms with Gasteiger partial charge in [0.2, 0.25) is 5.13 Å². The lowest BCUT2D eigenvalue weighted by Crippen LogP contribution is -2.20. The molecule has 2 aromatic carbocycles. The van der Waals surface area contributed by atoms with Crippen molar-refractivity contribution in [2.24, 2.45) is 0 Å². The van der Waals surface area contributed by atoms with E-state index in [-0.39, 0.29) is 29.6 Å². The molecule has 6 nitrogen and oxygen atoms in total. The van der Waals surface area contributed by atoms with E-state index in [0.717, 1.165) is 22.3 Å². The molecule has 1 atom stereocenters. The minimum absolute atomic E-state index is 0.158. The van der Waals surface area contributed by atoms with Crippen molar-refractivity contribution < 1.29 is 22.4 Å². The van der Waals surface area contributed by atoms with Gasteiger partial charge in [-0.3, -0.25) is 4.79 Å². The normalized spacial score (nSPS) is 16.0. The molecule has 0 saturated carbocycles. The van der Waals surface area contributed by atoms with E-state index < -0.39 is 11.7 Å². The third kappa shape index (κ3) is 3.89. The van der Waals surface area contributed by atoms with Crippen LogP contribution in [0.1, 0.15) is 39.7 Å². The van der Waals surface area contributed by atoms with Gasteiger partial charge in [-0.1, -0.05) is 29.5 Å². The third-order valence-electron chi connectivity index (χ3n) is 5.99. The Balaban J connectivity index is 1.47. The fourth-order valence-corrected chi connectivity index (χ4v) is 5.34. The number of furan rings is 1. The number of halogens is 3. The molecule has 3 heterocycles. The average molecular weight is 494 g/mol. The second-order valence-electron chi connectivity index (χ2n) is 8.29. The number of ketones is 1. The first-order valence-corrected chi connectivity index (χ1v) is 11.7. The summed E-state index contributed by atoms with van der Waals surface area (Å²) < 4.78 is 47.8. The molecule has 1 N–H and O–H groups in total. The number of alkyl halides is 3. The van der Waals surface area contributed by atoms with E-state index in [9.17, 15) is 18.0 Å². The smallest absolute Gasteiger partial charge is 0.416 e. The molecular weight excluding hydrogens is 477 g/mol. The van der Waals surface area contributed by atoms with Gasteiger partial charge in [0.05, 0.1) is 33.3 Å². The number of carbonyl (C=O) groups is 1. The summed E-state index contributed by atoms with van der Waals surface area (Å²) in [6.07, 6.45) is -2.23. The number of hydrogen-bond acceptors (Lipinski definition) is 6. The Morgan fingerprint density at radius 1 is 1.06 bits per heavy atom. The van der Waals surface area contributed by atoms with Crippen molar-refractivity contribution in [3.8, 4) is 5.13 Å². The van der Waals surface area contributed by atoms with Gasteiger partial charge in [0, 0.05) is 24.4 Å². The van der Waals surface area contributed by atoms with Gasteiger partial charge in [-0.05, 0) is 42.5 Å². The predicted octanol–water partition coefficient (Wildman–Crippen LogP) is 6.75. The minimum Gasteiger partial charge on any atom is -0.469 e. The van der Waals surface area contributed by atoms with Crippen LogP contribution in [0.15, 0.2) is 71.3 Å².